The van der Waals surface area contributed by atoms with Crippen LogP contribution in [0, 0.1) is 13.8 Å². The number of nitrogen functional groups attached to an aromatic ring is 1. The van der Waals surface area contributed by atoms with Crippen LogP contribution in [-0.2, 0) is 0 Å². The third-order valence-electron chi connectivity index (χ3n) is 2.97. The van der Waals surface area contributed by atoms with E-state index in [1.807, 2.05) is 38.1 Å². The molecule has 0 aliphatic carbocycles. The molecule has 3 rings (SSSR count). The number of rotatable bonds is 2. The van der Waals surface area contributed by atoms with Gasteiger partial charge in [-0.3, -0.25) is 4.98 Å². The first kappa shape index (κ1) is 12.9. The van der Waals surface area contributed by atoms with Crippen LogP contribution in [0.1, 0.15) is 11.4 Å². The van der Waals surface area contributed by atoms with Crippen LogP contribution in [0.3, 0.4) is 0 Å². The number of benzene rings is 1. The minimum atomic E-state index is 0.735. The van der Waals surface area contributed by atoms with Crippen molar-refractivity contribution in [3.63, 3.8) is 0 Å². The number of hydrogen-bond donors (Lipinski definition) is 1. The molecular formula is C15H14N4S. The summed E-state index contributed by atoms with van der Waals surface area (Å²) in [6.07, 6.45) is 3.56. The summed E-state index contributed by atoms with van der Waals surface area (Å²) in [4.78, 5) is 14.1. The molecule has 0 aliphatic rings. The quantitative estimate of drug-likeness (QED) is 0.576. The Morgan fingerprint density at radius 2 is 1.75 bits per heavy atom. The number of fused-ring (bicyclic) bond motifs is 1. The third kappa shape index (κ3) is 2.44. The normalized spacial score (nSPS) is 10.9. The maximum Gasteiger partial charge on any atom is 0.192 e. The molecule has 100 valence electrons. The highest BCUT2D eigenvalue weighted by Gasteiger charge is 2.08. The lowest BCUT2D eigenvalue weighted by molar-refractivity contribution is 0.902. The van der Waals surface area contributed by atoms with Crippen molar-refractivity contribution in [2.45, 2.75) is 23.9 Å². The van der Waals surface area contributed by atoms with Crippen molar-refractivity contribution in [3.05, 3.63) is 48.0 Å². The second-order valence-corrected chi connectivity index (χ2v) is 5.62. The molecule has 1 aromatic carbocycles. The van der Waals surface area contributed by atoms with E-state index >= 15 is 0 Å². The van der Waals surface area contributed by atoms with Crippen LogP contribution in [-0.4, -0.2) is 15.0 Å². The van der Waals surface area contributed by atoms with Gasteiger partial charge < -0.3 is 5.73 Å². The van der Waals surface area contributed by atoms with Gasteiger partial charge in [0.05, 0.1) is 0 Å². The molecule has 2 N–H and O–H groups in total. The maximum atomic E-state index is 5.99. The van der Waals surface area contributed by atoms with Crippen LogP contribution < -0.4 is 5.73 Å². The van der Waals surface area contributed by atoms with E-state index in [2.05, 4.69) is 15.0 Å². The summed E-state index contributed by atoms with van der Waals surface area (Å²) in [6, 6.07) is 7.84. The molecule has 3 aromatic rings. The van der Waals surface area contributed by atoms with Gasteiger partial charge in [0.1, 0.15) is 0 Å². The van der Waals surface area contributed by atoms with Crippen LogP contribution in [0.4, 0.5) is 5.69 Å². The minimum Gasteiger partial charge on any atom is -0.398 e. The number of nitrogens with zero attached hydrogens (tertiary/aromatic N) is 3. The summed E-state index contributed by atoms with van der Waals surface area (Å²) in [7, 11) is 0. The molecule has 2 heterocycles. The van der Waals surface area contributed by atoms with Crippen LogP contribution >= 0.6 is 11.8 Å². The Balaban J connectivity index is 2.09. The molecule has 0 spiro atoms. The van der Waals surface area contributed by atoms with E-state index in [0.29, 0.717) is 0 Å². The Morgan fingerprint density at radius 3 is 2.50 bits per heavy atom. The molecule has 0 saturated heterocycles. The van der Waals surface area contributed by atoms with Gasteiger partial charge in [-0.05, 0) is 49.9 Å². The highest BCUT2D eigenvalue weighted by Crippen LogP contribution is 2.33. The zero-order valence-corrected chi connectivity index (χ0v) is 12.1. The number of anilines is 1. The molecule has 0 amide bonds. The standard InChI is InChI=1S/C15H14N4S/c1-9-7-10(2)19-15(18-9)20-14-4-3-13(16)12-8-17-6-5-11(12)14/h3-8H,16H2,1-2H3. The van der Waals surface area contributed by atoms with Crippen molar-refractivity contribution >= 4 is 28.2 Å². The van der Waals surface area contributed by atoms with Crippen molar-refractivity contribution in [2.75, 3.05) is 5.73 Å². The number of nitrogens with two attached hydrogens (primary N) is 1. The molecule has 20 heavy (non-hydrogen) atoms. The fraction of sp³-hybridized carbons (Fsp3) is 0.133. The molecule has 0 saturated carbocycles. The highest BCUT2D eigenvalue weighted by molar-refractivity contribution is 7.99. The zero-order valence-electron chi connectivity index (χ0n) is 11.3. The third-order valence-corrected chi connectivity index (χ3v) is 3.92. The first-order valence-electron chi connectivity index (χ1n) is 6.26. The number of aryl methyl sites for hydroxylation is 2. The van der Waals surface area contributed by atoms with E-state index < -0.39 is 0 Å². The first-order valence-corrected chi connectivity index (χ1v) is 7.07. The van der Waals surface area contributed by atoms with E-state index in [4.69, 9.17) is 5.73 Å². The molecule has 5 heteroatoms. The molecule has 0 atom stereocenters. The predicted molar refractivity (Wildman–Crippen MR) is 81.8 cm³/mol. The molecule has 0 bridgehead atoms. The van der Waals surface area contributed by atoms with E-state index in [1.165, 1.54) is 0 Å². The topological polar surface area (TPSA) is 64.7 Å². The van der Waals surface area contributed by atoms with Gasteiger partial charge in [-0.15, -0.1) is 0 Å². The molecule has 0 unspecified atom stereocenters. The average Bonchev–Trinajstić information content (AvgIpc) is 2.41. The minimum absolute atomic E-state index is 0.735. The fourth-order valence-corrected chi connectivity index (χ4v) is 3.11. The van der Waals surface area contributed by atoms with Gasteiger partial charge in [0, 0.05) is 45.1 Å². The van der Waals surface area contributed by atoms with Gasteiger partial charge in [-0.1, -0.05) is 0 Å². The highest BCUT2D eigenvalue weighted by atomic mass is 32.2. The summed E-state index contributed by atoms with van der Waals surface area (Å²) in [5.74, 6) is 0. The summed E-state index contributed by atoms with van der Waals surface area (Å²) in [5.41, 5.74) is 8.67. The van der Waals surface area contributed by atoms with Gasteiger partial charge >= 0.3 is 0 Å². The van der Waals surface area contributed by atoms with Crippen molar-refractivity contribution in [2.24, 2.45) is 0 Å². The van der Waals surface area contributed by atoms with E-state index in [-0.39, 0.29) is 0 Å². The van der Waals surface area contributed by atoms with Gasteiger partial charge in [0.2, 0.25) is 0 Å². The van der Waals surface area contributed by atoms with Crippen molar-refractivity contribution in [1.82, 2.24) is 15.0 Å². The smallest absolute Gasteiger partial charge is 0.192 e. The lowest BCUT2D eigenvalue weighted by atomic mass is 10.1. The molecule has 4 nitrogen and oxygen atoms in total. The van der Waals surface area contributed by atoms with Gasteiger partial charge in [-0.25, -0.2) is 9.97 Å². The molecule has 0 radical (unpaired) electrons. The summed E-state index contributed by atoms with van der Waals surface area (Å²) in [6.45, 7) is 3.95. The lowest BCUT2D eigenvalue weighted by Gasteiger charge is -2.08. The van der Waals surface area contributed by atoms with Crippen LogP contribution in [0.5, 0.6) is 0 Å². The number of aromatic nitrogens is 3. The molecule has 0 fully saturated rings. The fourth-order valence-electron chi connectivity index (χ4n) is 2.11. The van der Waals surface area contributed by atoms with Gasteiger partial charge in [0.25, 0.3) is 0 Å². The Morgan fingerprint density at radius 1 is 1.00 bits per heavy atom. The van der Waals surface area contributed by atoms with Gasteiger partial charge in [-0.2, -0.15) is 0 Å². The second kappa shape index (κ2) is 5.09. The predicted octanol–water partition coefficient (Wildman–Crippen LogP) is 3.38. The van der Waals surface area contributed by atoms with Crippen LogP contribution in [0.15, 0.2) is 46.7 Å². The number of pyridine rings is 1. The summed E-state index contributed by atoms with van der Waals surface area (Å²) in [5, 5.41) is 2.79. The first-order chi connectivity index (χ1) is 9.63. The largest absolute Gasteiger partial charge is 0.398 e. The Kier molecular flexibility index (Phi) is 3.28. The second-order valence-electron chi connectivity index (χ2n) is 4.61. The Labute approximate surface area is 121 Å². The number of hydrogen-bond acceptors (Lipinski definition) is 5. The van der Waals surface area contributed by atoms with E-state index in [0.717, 1.165) is 37.9 Å². The van der Waals surface area contributed by atoms with Crippen molar-refractivity contribution in [1.29, 1.82) is 0 Å². The SMILES string of the molecule is Cc1cc(C)nc(Sc2ccc(N)c3cnccc23)n1. The maximum absolute atomic E-state index is 5.99. The van der Waals surface area contributed by atoms with Crippen LogP contribution in [0.2, 0.25) is 0 Å². The molecule has 0 aliphatic heterocycles. The van der Waals surface area contributed by atoms with Crippen molar-refractivity contribution < 1.29 is 0 Å². The van der Waals surface area contributed by atoms with E-state index in [9.17, 15) is 0 Å². The summed E-state index contributed by atoms with van der Waals surface area (Å²) < 4.78 is 0. The lowest BCUT2D eigenvalue weighted by Crippen LogP contribution is -1.93. The average molecular weight is 282 g/mol. The molecular weight excluding hydrogens is 268 g/mol. The van der Waals surface area contributed by atoms with Crippen molar-refractivity contribution in [3.8, 4) is 0 Å². The summed E-state index contributed by atoms with van der Waals surface area (Å²) >= 11 is 1.55. The van der Waals surface area contributed by atoms with E-state index in [1.54, 1.807) is 24.2 Å². The monoisotopic (exact) mass is 282 g/mol. The Bertz CT molecular complexity index is 766. The van der Waals surface area contributed by atoms with Gasteiger partial charge in [0.15, 0.2) is 5.16 Å². The molecule has 2 aromatic heterocycles. The Hall–Kier alpha value is -2.14. The van der Waals surface area contributed by atoms with Crippen LogP contribution in [0.25, 0.3) is 10.8 Å². The zero-order chi connectivity index (χ0) is 14.1.